The van der Waals surface area contributed by atoms with Crippen molar-refractivity contribution in [1.29, 1.82) is 0 Å². The van der Waals surface area contributed by atoms with Gasteiger partial charge in [0.05, 0.1) is 0 Å². The van der Waals surface area contributed by atoms with Crippen LogP contribution in [-0.2, 0) is 5.75 Å². The van der Waals surface area contributed by atoms with E-state index in [0.29, 0.717) is 18.1 Å². The van der Waals surface area contributed by atoms with Crippen molar-refractivity contribution in [2.75, 3.05) is 13.2 Å². The van der Waals surface area contributed by atoms with Gasteiger partial charge >= 0.3 is 5.97 Å². The highest BCUT2D eigenvalue weighted by Gasteiger charge is 2.12. The van der Waals surface area contributed by atoms with Crippen LogP contribution in [0, 0.1) is 0 Å². The van der Waals surface area contributed by atoms with E-state index < -0.39 is 5.97 Å². The number of carboxylic acid groups (broad SMARTS) is 1. The van der Waals surface area contributed by atoms with Crippen LogP contribution in [-0.4, -0.2) is 24.3 Å². The number of thioether (sulfide) groups is 1. The summed E-state index contributed by atoms with van der Waals surface area (Å²) in [4.78, 5) is 13.3. The van der Waals surface area contributed by atoms with Gasteiger partial charge in [-0.2, -0.15) is 0 Å². The minimum atomic E-state index is -0.870. The topological polar surface area (TPSA) is 55.8 Å². The average molecular weight is 308 g/mol. The molecule has 6 heteroatoms. The SMILES string of the molecule is O=C(O)c1ccc(CSc2ccc3c(c2)OCCO3)s1. The quantitative estimate of drug-likeness (QED) is 0.876. The lowest BCUT2D eigenvalue weighted by Crippen LogP contribution is -2.15. The van der Waals surface area contributed by atoms with E-state index in [2.05, 4.69) is 0 Å². The van der Waals surface area contributed by atoms with E-state index in [1.165, 1.54) is 11.3 Å². The van der Waals surface area contributed by atoms with Crippen LogP contribution in [0.1, 0.15) is 14.5 Å². The first-order valence-electron chi connectivity index (χ1n) is 6.07. The zero-order valence-corrected chi connectivity index (χ0v) is 12.1. The van der Waals surface area contributed by atoms with Gasteiger partial charge in [-0.15, -0.1) is 23.1 Å². The van der Waals surface area contributed by atoms with Gasteiger partial charge in [0, 0.05) is 15.5 Å². The molecular weight excluding hydrogens is 296 g/mol. The predicted octanol–water partition coefficient (Wildman–Crippen LogP) is 3.51. The molecule has 1 aliphatic rings. The molecule has 0 spiro atoms. The highest BCUT2D eigenvalue weighted by atomic mass is 32.2. The van der Waals surface area contributed by atoms with E-state index in [0.717, 1.165) is 27.0 Å². The molecule has 0 aliphatic carbocycles. The maximum absolute atomic E-state index is 10.8. The third-order valence-electron chi connectivity index (χ3n) is 2.77. The van der Waals surface area contributed by atoms with Crippen molar-refractivity contribution < 1.29 is 19.4 Å². The van der Waals surface area contributed by atoms with Crippen LogP contribution in [0.2, 0.25) is 0 Å². The number of hydrogen-bond donors (Lipinski definition) is 1. The molecule has 4 nitrogen and oxygen atoms in total. The molecule has 1 aliphatic heterocycles. The summed E-state index contributed by atoms with van der Waals surface area (Å²) in [5.74, 6) is 1.44. The van der Waals surface area contributed by atoms with Gasteiger partial charge in [-0.1, -0.05) is 0 Å². The first-order valence-corrected chi connectivity index (χ1v) is 7.87. The Hall–Kier alpha value is -1.66. The van der Waals surface area contributed by atoms with Crippen molar-refractivity contribution in [3.63, 3.8) is 0 Å². The molecule has 0 atom stereocenters. The summed E-state index contributed by atoms with van der Waals surface area (Å²) in [6, 6.07) is 9.37. The standard InChI is InChI=1S/C14H12O4S2/c15-14(16)13-4-2-10(20-13)8-19-9-1-3-11-12(7-9)18-6-5-17-11/h1-4,7H,5-6,8H2,(H,15,16). The van der Waals surface area contributed by atoms with Crippen molar-refractivity contribution in [3.05, 3.63) is 40.1 Å². The lowest BCUT2D eigenvalue weighted by molar-refractivity contribution is 0.0702. The molecule has 0 bridgehead atoms. The van der Waals surface area contributed by atoms with Crippen LogP contribution in [0.4, 0.5) is 0 Å². The van der Waals surface area contributed by atoms with Crippen molar-refractivity contribution in [2.45, 2.75) is 10.6 Å². The Morgan fingerprint density at radius 3 is 2.75 bits per heavy atom. The maximum atomic E-state index is 10.8. The molecule has 0 amide bonds. The number of fused-ring (bicyclic) bond motifs is 1. The highest BCUT2D eigenvalue weighted by Crippen LogP contribution is 2.35. The Kier molecular flexibility index (Phi) is 3.84. The zero-order valence-electron chi connectivity index (χ0n) is 10.5. The molecule has 1 N–H and O–H groups in total. The molecule has 0 fully saturated rings. The molecule has 3 rings (SSSR count). The van der Waals surface area contributed by atoms with Crippen molar-refractivity contribution in [2.24, 2.45) is 0 Å². The van der Waals surface area contributed by atoms with Gasteiger partial charge in [-0.3, -0.25) is 0 Å². The zero-order chi connectivity index (χ0) is 13.9. The van der Waals surface area contributed by atoms with Gasteiger partial charge in [-0.25, -0.2) is 4.79 Å². The maximum Gasteiger partial charge on any atom is 0.345 e. The second kappa shape index (κ2) is 5.76. The molecule has 0 saturated carbocycles. The van der Waals surface area contributed by atoms with E-state index >= 15 is 0 Å². The molecule has 2 heterocycles. The fourth-order valence-corrected chi connectivity index (χ4v) is 3.65. The molecule has 104 valence electrons. The molecular formula is C14H12O4S2. The van der Waals surface area contributed by atoms with Gasteiger partial charge < -0.3 is 14.6 Å². The number of ether oxygens (including phenoxy) is 2. The Labute approximate surface area is 124 Å². The summed E-state index contributed by atoms with van der Waals surface area (Å²) in [6.07, 6.45) is 0. The minimum Gasteiger partial charge on any atom is -0.486 e. The third kappa shape index (κ3) is 2.91. The molecule has 0 saturated heterocycles. The number of thiophene rings is 1. The second-order valence-electron chi connectivity index (χ2n) is 4.17. The summed E-state index contributed by atoms with van der Waals surface area (Å²) in [5, 5.41) is 8.89. The first kappa shape index (κ1) is 13.3. The van der Waals surface area contributed by atoms with Gasteiger partial charge in [0.2, 0.25) is 0 Å². The summed E-state index contributed by atoms with van der Waals surface area (Å²) >= 11 is 2.97. The Morgan fingerprint density at radius 2 is 2.00 bits per heavy atom. The van der Waals surface area contributed by atoms with E-state index in [1.54, 1.807) is 17.8 Å². The van der Waals surface area contributed by atoms with Gasteiger partial charge in [0.25, 0.3) is 0 Å². The first-order chi connectivity index (χ1) is 9.72. The van der Waals surface area contributed by atoms with E-state index in [4.69, 9.17) is 14.6 Å². The monoisotopic (exact) mass is 308 g/mol. The summed E-state index contributed by atoms with van der Waals surface area (Å²) in [6.45, 7) is 1.17. The molecule has 2 aromatic rings. The molecule has 1 aromatic carbocycles. The summed E-state index contributed by atoms with van der Waals surface area (Å²) in [7, 11) is 0. The molecule has 0 unspecified atom stereocenters. The van der Waals surface area contributed by atoms with E-state index in [9.17, 15) is 4.79 Å². The Balaban J connectivity index is 1.67. The number of carboxylic acids is 1. The normalized spacial score (nSPS) is 13.2. The highest BCUT2D eigenvalue weighted by molar-refractivity contribution is 7.98. The predicted molar refractivity (Wildman–Crippen MR) is 78.3 cm³/mol. The van der Waals surface area contributed by atoms with Crippen molar-refractivity contribution in [3.8, 4) is 11.5 Å². The van der Waals surface area contributed by atoms with Crippen LogP contribution in [0.5, 0.6) is 11.5 Å². The van der Waals surface area contributed by atoms with Crippen molar-refractivity contribution >= 4 is 29.1 Å². The smallest absolute Gasteiger partial charge is 0.345 e. The largest absolute Gasteiger partial charge is 0.486 e. The summed E-state index contributed by atoms with van der Waals surface area (Å²) in [5.41, 5.74) is 0. The van der Waals surface area contributed by atoms with Crippen LogP contribution in [0.3, 0.4) is 0 Å². The molecule has 1 aromatic heterocycles. The van der Waals surface area contributed by atoms with Crippen LogP contribution in [0.15, 0.2) is 35.2 Å². The summed E-state index contributed by atoms with van der Waals surface area (Å²) < 4.78 is 11.0. The molecule has 0 radical (unpaired) electrons. The van der Waals surface area contributed by atoms with Crippen LogP contribution < -0.4 is 9.47 Å². The van der Waals surface area contributed by atoms with Crippen LogP contribution in [0.25, 0.3) is 0 Å². The number of benzene rings is 1. The van der Waals surface area contributed by atoms with Gasteiger partial charge in [-0.05, 0) is 30.3 Å². The van der Waals surface area contributed by atoms with E-state index in [1.807, 2.05) is 24.3 Å². The fraction of sp³-hybridized carbons (Fsp3) is 0.214. The van der Waals surface area contributed by atoms with E-state index in [-0.39, 0.29) is 0 Å². The third-order valence-corrected chi connectivity index (χ3v) is 5.07. The Bertz CT molecular complexity index is 636. The lowest BCUT2D eigenvalue weighted by Gasteiger charge is -2.18. The van der Waals surface area contributed by atoms with Gasteiger partial charge in [0.1, 0.15) is 18.1 Å². The van der Waals surface area contributed by atoms with Crippen molar-refractivity contribution in [1.82, 2.24) is 0 Å². The molecule has 20 heavy (non-hydrogen) atoms. The minimum absolute atomic E-state index is 0.378. The second-order valence-corrected chi connectivity index (χ2v) is 6.38. The lowest BCUT2D eigenvalue weighted by atomic mass is 10.3. The number of carbonyl (C=O) groups is 1. The van der Waals surface area contributed by atoms with Gasteiger partial charge in [0.15, 0.2) is 11.5 Å². The fourth-order valence-electron chi connectivity index (χ4n) is 1.84. The number of hydrogen-bond acceptors (Lipinski definition) is 5. The van der Waals surface area contributed by atoms with Crippen LogP contribution >= 0.6 is 23.1 Å². The number of rotatable bonds is 4. The Morgan fingerprint density at radius 1 is 1.20 bits per heavy atom. The average Bonchev–Trinajstić information content (AvgIpc) is 2.94. The number of aromatic carboxylic acids is 1.